The number of benzene rings is 2. The number of ether oxygens (including phenoxy) is 3. The van der Waals surface area contributed by atoms with Crippen molar-refractivity contribution >= 4 is 28.8 Å². The lowest BCUT2D eigenvalue weighted by Crippen LogP contribution is -2.37. The summed E-state index contributed by atoms with van der Waals surface area (Å²) in [5.41, 5.74) is 1.06. The number of hydrogen-bond donors (Lipinski definition) is 1. The summed E-state index contributed by atoms with van der Waals surface area (Å²) in [5.74, 6) is 1.34. The van der Waals surface area contributed by atoms with Crippen LogP contribution in [0.15, 0.2) is 60.0 Å². The molecular weight excluding hydrogens is 428 g/mol. The molecule has 0 spiro atoms. The summed E-state index contributed by atoms with van der Waals surface area (Å²) in [6.07, 6.45) is 0. The van der Waals surface area contributed by atoms with Gasteiger partial charge in [-0.2, -0.15) is 0 Å². The van der Waals surface area contributed by atoms with Gasteiger partial charge in [-0.15, -0.1) is 11.3 Å². The Morgan fingerprint density at radius 1 is 1.06 bits per heavy atom. The highest BCUT2D eigenvalue weighted by Crippen LogP contribution is 2.32. The lowest BCUT2D eigenvalue weighted by molar-refractivity contribution is -0.116. The minimum atomic E-state index is -0.290. The number of nitrogens with one attached hydrogen (secondary N) is 1. The summed E-state index contributed by atoms with van der Waals surface area (Å²) in [5, 5.41) is 4.81. The van der Waals surface area contributed by atoms with Crippen LogP contribution in [0.25, 0.3) is 0 Å². The van der Waals surface area contributed by atoms with Crippen LogP contribution in [-0.4, -0.2) is 43.0 Å². The van der Waals surface area contributed by atoms with Gasteiger partial charge >= 0.3 is 0 Å². The van der Waals surface area contributed by atoms with Crippen molar-refractivity contribution in [2.24, 2.45) is 0 Å². The minimum absolute atomic E-state index is 0.0654. The molecule has 0 saturated carbocycles. The van der Waals surface area contributed by atoms with E-state index in [-0.39, 0.29) is 18.4 Å². The standard InChI is InChI=1S/C24H24N2O5S/c1-2-26(15-23(27)25-18-8-9-21-22(14-18)30-11-10-29-21)24(28)17-5-3-6-19(13-17)31-16-20-7-4-12-32-20/h3-9,12-14H,2,10-11,15-16H2,1H3,(H,25,27). The molecule has 0 radical (unpaired) electrons. The largest absolute Gasteiger partial charge is 0.488 e. The van der Waals surface area contributed by atoms with Gasteiger partial charge in [-0.1, -0.05) is 12.1 Å². The van der Waals surface area contributed by atoms with Gasteiger partial charge in [-0.3, -0.25) is 9.59 Å². The fourth-order valence-corrected chi connectivity index (χ4v) is 3.89. The molecule has 0 atom stereocenters. The SMILES string of the molecule is CCN(CC(=O)Nc1ccc2c(c1)OCCO2)C(=O)c1cccc(OCc2cccs2)c1. The van der Waals surface area contributed by atoms with E-state index in [1.54, 1.807) is 47.7 Å². The fraction of sp³-hybridized carbons (Fsp3) is 0.250. The molecule has 8 heteroatoms. The molecule has 4 rings (SSSR count). The first-order valence-corrected chi connectivity index (χ1v) is 11.2. The summed E-state index contributed by atoms with van der Waals surface area (Å²) in [6, 6.07) is 16.2. The molecule has 0 fully saturated rings. The Morgan fingerprint density at radius 2 is 1.91 bits per heavy atom. The lowest BCUT2D eigenvalue weighted by atomic mass is 10.2. The zero-order valence-corrected chi connectivity index (χ0v) is 18.5. The molecule has 0 saturated heterocycles. The maximum absolute atomic E-state index is 13.0. The van der Waals surface area contributed by atoms with Crippen molar-refractivity contribution in [3.05, 3.63) is 70.4 Å². The Hall–Kier alpha value is -3.52. The van der Waals surface area contributed by atoms with E-state index in [2.05, 4.69) is 5.32 Å². The third-order valence-electron chi connectivity index (χ3n) is 4.87. The van der Waals surface area contributed by atoms with Crippen LogP contribution in [0.3, 0.4) is 0 Å². The molecule has 166 valence electrons. The Labute approximate surface area is 190 Å². The zero-order chi connectivity index (χ0) is 22.3. The first-order chi connectivity index (χ1) is 15.6. The van der Waals surface area contributed by atoms with E-state index in [1.165, 1.54) is 4.90 Å². The summed E-state index contributed by atoms with van der Waals surface area (Å²) >= 11 is 1.62. The number of anilines is 1. The van der Waals surface area contributed by atoms with Gasteiger partial charge < -0.3 is 24.4 Å². The molecular formula is C24H24N2O5S. The van der Waals surface area contributed by atoms with Crippen LogP contribution in [0.5, 0.6) is 17.2 Å². The Bertz CT molecular complexity index is 1080. The van der Waals surface area contributed by atoms with Gasteiger partial charge in [0.1, 0.15) is 32.1 Å². The second-order valence-electron chi connectivity index (χ2n) is 7.12. The summed E-state index contributed by atoms with van der Waals surface area (Å²) in [4.78, 5) is 28.2. The molecule has 1 aliphatic rings. The monoisotopic (exact) mass is 452 g/mol. The number of amides is 2. The molecule has 0 bridgehead atoms. The zero-order valence-electron chi connectivity index (χ0n) is 17.7. The van der Waals surface area contributed by atoms with Crippen molar-refractivity contribution in [2.45, 2.75) is 13.5 Å². The highest BCUT2D eigenvalue weighted by molar-refractivity contribution is 7.09. The average Bonchev–Trinajstić information content (AvgIpc) is 3.35. The molecule has 3 aromatic rings. The number of nitrogens with zero attached hydrogens (tertiary/aromatic N) is 1. The normalized spacial score (nSPS) is 12.2. The average molecular weight is 453 g/mol. The van der Waals surface area contributed by atoms with Gasteiger partial charge in [0, 0.05) is 28.7 Å². The number of fused-ring (bicyclic) bond motifs is 1. The number of carbonyl (C=O) groups is 2. The number of carbonyl (C=O) groups excluding carboxylic acids is 2. The second-order valence-corrected chi connectivity index (χ2v) is 8.15. The van der Waals surface area contributed by atoms with Crippen molar-refractivity contribution in [3.63, 3.8) is 0 Å². The Kier molecular flexibility index (Phi) is 6.91. The van der Waals surface area contributed by atoms with E-state index < -0.39 is 0 Å². The highest BCUT2D eigenvalue weighted by atomic mass is 32.1. The maximum atomic E-state index is 13.0. The predicted molar refractivity (Wildman–Crippen MR) is 123 cm³/mol. The van der Waals surface area contributed by atoms with Crippen LogP contribution in [-0.2, 0) is 11.4 Å². The van der Waals surface area contributed by atoms with Crippen molar-refractivity contribution in [1.29, 1.82) is 0 Å². The smallest absolute Gasteiger partial charge is 0.254 e. The van der Waals surface area contributed by atoms with Gasteiger partial charge in [-0.25, -0.2) is 0 Å². The van der Waals surface area contributed by atoms with Gasteiger partial charge in [-0.05, 0) is 48.7 Å². The van der Waals surface area contributed by atoms with E-state index in [0.717, 1.165) is 4.88 Å². The van der Waals surface area contributed by atoms with E-state index in [1.807, 2.05) is 30.5 Å². The van der Waals surface area contributed by atoms with Crippen LogP contribution < -0.4 is 19.5 Å². The van der Waals surface area contributed by atoms with Crippen LogP contribution in [0, 0.1) is 0 Å². The van der Waals surface area contributed by atoms with Crippen molar-refractivity contribution < 1.29 is 23.8 Å². The highest BCUT2D eigenvalue weighted by Gasteiger charge is 2.19. The van der Waals surface area contributed by atoms with Crippen molar-refractivity contribution in [1.82, 2.24) is 4.90 Å². The minimum Gasteiger partial charge on any atom is -0.488 e. The Balaban J connectivity index is 1.37. The van der Waals surface area contributed by atoms with Crippen LogP contribution >= 0.6 is 11.3 Å². The fourth-order valence-electron chi connectivity index (χ4n) is 3.27. The van der Waals surface area contributed by atoms with E-state index >= 15 is 0 Å². The summed E-state index contributed by atoms with van der Waals surface area (Å²) in [6.45, 7) is 3.60. The summed E-state index contributed by atoms with van der Waals surface area (Å²) in [7, 11) is 0. The topological polar surface area (TPSA) is 77.1 Å². The quantitative estimate of drug-likeness (QED) is 0.554. The molecule has 2 amide bonds. The van der Waals surface area contributed by atoms with Crippen molar-refractivity contribution in [3.8, 4) is 17.2 Å². The number of likely N-dealkylation sites (N-methyl/N-ethyl adjacent to an activating group) is 1. The van der Waals surface area contributed by atoms with Gasteiger partial charge in [0.25, 0.3) is 5.91 Å². The second kappa shape index (κ2) is 10.2. The predicted octanol–water partition coefficient (Wildman–Crippen LogP) is 4.20. The van der Waals surface area contributed by atoms with Gasteiger partial charge in [0.15, 0.2) is 11.5 Å². The molecule has 7 nitrogen and oxygen atoms in total. The lowest BCUT2D eigenvalue weighted by Gasteiger charge is -2.21. The molecule has 0 unspecified atom stereocenters. The first-order valence-electron chi connectivity index (χ1n) is 10.4. The Morgan fingerprint density at radius 3 is 2.69 bits per heavy atom. The summed E-state index contributed by atoms with van der Waals surface area (Å²) < 4.78 is 16.8. The van der Waals surface area contributed by atoms with E-state index in [9.17, 15) is 9.59 Å². The van der Waals surface area contributed by atoms with Crippen LogP contribution in [0.4, 0.5) is 5.69 Å². The maximum Gasteiger partial charge on any atom is 0.254 e. The molecule has 32 heavy (non-hydrogen) atoms. The van der Waals surface area contributed by atoms with E-state index in [0.29, 0.717) is 54.9 Å². The molecule has 1 N–H and O–H groups in total. The number of rotatable bonds is 8. The van der Waals surface area contributed by atoms with Crippen LogP contribution in [0.2, 0.25) is 0 Å². The van der Waals surface area contributed by atoms with E-state index in [4.69, 9.17) is 14.2 Å². The molecule has 1 aliphatic heterocycles. The molecule has 2 aromatic carbocycles. The van der Waals surface area contributed by atoms with Crippen LogP contribution in [0.1, 0.15) is 22.2 Å². The first kappa shape index (κ1) is 21.7. The third kappa shape index (κ3) is 5.39. The number of hydrogen-bond acceptors (Lipinski definition) is 6. The third-order valence-corrected chi connectivity index (χ3v) is 5.72. The van der Waals surface area contributed by atoms with Gasteiger partial charge in [0.2, 0.25) is 5.91 Å². The number of thiophene rings is 1. The molecule has 0 aliphatic carbocycles. The van der Waals surface area contributed by atoms with Gasteiger partial charge in [0.05, 0.1) is 0 Å². The molecule has 1 aromatic heterocycles. The van der Waals surface area contributed by atoms with Crippen molar-refractivity contribution in [2.75, 3.05) is 31.6 Å². The molecule has 2 heterocycles.